The fourth-order valence-corrected chi connectivity index (χ4v) is 2.24. The molecule has 1 fully saturated rings. The third kappa shape index (κ3) is 2.56. The van der Waals surface area contributed by atoms with Crippen molar-refractivity contribution in [3.8, 4) is 0 Å². The van der Waals surface area contributed by atoms with E-state index >= 15 is 0 Å². The average molecular weight is 219 g/mol. The van der Waals surface area contributed by atoms with Crippen LogP contribution in [0.3, 0.4) is 0 Å². The predicted octanol–water partition coefficient (Wildman–Crippen LogP) is 3.34. The van der Waals surface area contributed by atoms with Crippen molar-refractivity contribution < 1.29 is 5.11 Å². The molecule has 2 unspecified atom stereocenters. The number of rotatable bonds is 5. The van der Waals surface area contributed by atoms with Crippen LogP contribution in [0.25, 0.3) is 0 Å². The zero-order valence-corrected chi connectivity index (χ0v) is 10.1. The van der Waals surface area contributed by atoms with Gasteiger partial charge in [-0.25, -0.2) is 0 Å². The number of nitrogens with one attached hydrogen (secondary N) is 1. The van der Waals surface area contributed by atoms with E-state index in [0.717, 1.165) is 23.6 Å². The van der Waals surface area contributed by atoms with Crippen LogP contribution in [0.1, 0.15) is 44.8 Å². The van der Waals surface area contributed by atoms with Crippen molar-refractivity contribution in [2.24, 2.45) is 5.92 Å². The van der Waals surface area contributed by atoms with E-state index < -0.39 is 6.10 Å². The highest BCUT2D eigenvalue weighted by Crippen LogP contribution is 2.36. The molecule has 88 valence electrons. The smallest absolute Gasteiger partial charge is 0.0781 e. The molecule has 0 spiro atoms. The molecular weight excluding hydrogens is 198 g/mol. The Bertz CT molecular complexity index is 344. The maximum absolute atomic E-state index is 9.70. The van der Waals surface area contributed by atoms with Crippen LogP contribution in [-0.2, 0) is 0 Å². The summed E-state index contributed by atoms with van der Waals surface area (Å²) in [4.78, 5) is 0. The standard InChI is InChI=1S/C14H21NO/c1-3-13(11-8-9-11)15-14-7-5-4-6-12(14)10(2)16/h4-7,10-11,13,15-16H,3,8-9H2,1-2H3. The fraction of sp³-hybridized carbons (Fsp3) is 0.571. The van der Waals surface area contributed by atoms with Crippen LogP contribution in [0, 0.1) is 5.92 Å². The van der Waals surface area contributed by atoms with Crippen LogP contribution in [0.15, 0.2) is 24.3 Å². The monoisotopic (exact) mass is 219 g/mol. The highest BCUT2D eigenvalue weighted by Gasteiger charge is 2.30. The summed E-state index contributed by atoms with van der Waals surface area (Å²) >= 11 is 0. The summed E-state index contributed by atoms with van der Waals surface area (Å²) in [7, 11) is 0. The molecule has 16 heavy (non-hydrogen) atoms. The van der Waals surface area contributed by atoms with Crippen LogP contribution in [0.4, 0.5) is 5.69 Å². The first kappa shape index (κ1) is 11.5. The minimum atomic E-state index is -0.402. The van der Waals surface area contributed by atoms with Gasteiger partial charge in [0, 0.05) is 17.3 Å². The summed E-state index contributed by atoms with van der Waals surface area (Å²) in [5.41, 5.74) is 2.10. The maximum Gasteiger partial charge on any atom is 0.0781 e. The van der Waals surface area contributed by atoms with Gasteiger partial charge in [0.15, 0.2) is 0 Å². The van der Waals surface area contributed by atoms with E-state index in [-0.39, 0.29) is 0 Å². The lowest BCUT2D eigenvalue weighted by Gasteiger charge is -2.21. The number of benzene rings is 1. The van der Waals surface area contributed by atoms with Gasteiger partial charge in [0.25, 0.3) is 0 Å². The Morgan fingerprint density at radius 1 is 1.38 bits per heavy atom. The number of anilines is 1. The molecule has 2 nitrogen and oxygen atoms in total. The normalized spacial score (nSPS) is 19.2. The van der Waals surface area contributed by atoms with Crippen LogP contribution in [0.5, 0.6) is 0 Å². The average Bonchev–Trinajstić information content (AvgIpc) is 3.10. The number of hydrogen-bond acceptors (Lipinski definition) is 2. The fourth-order valence-electron chi connectivity index (χ4n) is 2.24. The summed E-state index contributed by atoms with van der Waals surface area (Å²) in [5.74, 6) is 0.840. The van der Waals surface area contributed by atoms with Crippen LogP contribution < -0.4 is 5.32 Å². The highest BCUT2D eigenvalue weighted by atomic mass is 16.3. The van der Waals surface area contributed by atoms with Gasteiger partial charge in [-0.3, -0.25) is 0 Å². The first-order chi connectivity index (χ1) is 7.72. The zero-order valence-electron chi connectivity index (χ0n) is 10.1. The van der Waals surface area contributed by atoms with Gasteiger partial charge in [-0.05, 0) is 38.2 Å². The minimum Gasteiger partial charge on any atom is -0.389 e. The molecular formula is C14H21NO. The molecule has 1 aromatic carbocycles. The van der Waals surface area contributed by atoms with E-state index in [9.17, 15) is 5.11 Å². The molecule has 2 heteroatoms. The van der Waals surface area contributed by atoms with Gasteiger partial charge in [0.2, 0.25) is 0 Å². The molecule has 2 atom stereocenters. The Morgan fingerprint density at radius 3 is 2.62 bits per heavy atom. The second kappa shape index (κ2) is 4.88. The first-order valence-electron chi connectivity index (χ1n) is 6.26. The van der Waals surface area contributed by atoms with Crippen molar-refractivity contribution in [2.45, 2.75) is 45.3 Å². The topological polar surface area (TPSA) is 32.3 Å². The SMILES string of the molecule is CCC(Nc1ccccc1C(C)O)C1CC1. The predicted molar refractivity (Wildman–Crippen MR) is 67.5 cm³/mol. The molecule has 2 N–H and O–H groups in total. The second-order valence-electron chi connectivity index (χ2n) is 4.76. The number of aliphatic hydroxyl groups is 1. The van der Waals surface area contributed by atoms with Gasteiger partial charge in [-0.1, -0.05) is 25.1 Å². The summed E-state index contributed by atoms with van der Waals surface area (Å²) < 4.78 is 0. The Labute approximate surface area is 97.7 Å². The second-order valence-corrected chi connectivity index (χ2v) is 4.76. The largest absolute Gasteiger partial charge is 0.389 e. The summed E-state index contributed by atoms with van der Waals surface area (Å²) in [6, 6.07) is 8.62. The summed E-state index contributed by atoms with van der Waals surface area (Å²) in [6.45, 7) is 4.04. The number of hydrogen-bond donors (Lipinski definition) is 2. The first-order valence-corrected chi connectivity index (χ1v) is 6.26. The third-order valence-corrected chi connectivity index (χ3v) is 3.38. The molecule has 2 rings (SSSR count). The molecule has 0 aromatic heterocycles. The molecule has 1 aromatic rings. The Balaban J connectivity index is 2.12. The van der Waals surface area contributed by atoms with Crippen molar-refractivity contribution >= 4 is 5.69 Å². The lowest BCUT2D eigenvalue weighted by molar-refractivity contribution is 0.200. The van der Waals surface area contributed by atoms with Gasteiger partial charge < -0.3 is 10.4 Å². The van der Waals surface area contributed by atoms with E-state index in [1.807, 2.05) is 25.1 Å². The van der Waals surface area contributed by atoms with Crippen molar-refractivity contribution in [2.75, 3.05) is 5.32 Å². The molecule has 1 aliphatic rings. The minimum absolute atomic E-state index is 0.402. The van der Waals surface area contributed by atoms with Crippen molar-refractivity contribution in [1.82, 2.24) is 0 Å². The molecule has 0 aliphatic heterocycles. The van der Waals surface area contributed by atoms with Gasteiger partial charge in [-0.2, -0.15) is 0 Å². The Kier molecular flexibility index (Phi) is 3.49. The number of para-hydroxylation sites is 1. The van der Waals surface area contributed by atoms with Gasteiger partial charge in [-0.15, -0.1) is 0 Å². The van der Waals surface area contributed by atoms with Crippen LogP contribution in [0.2, 0.25) is 0 Å². The van der Waals surface area contributed by atoms with E-state index in [1.165, 1.54) is 12.8 Å². The molecule has 1 saturated carbocycles. The van der Waals surface area contributed by atoms with E-state index in [0.29, 0.717) is 6.04 Å². The van der Waals surface area contributed by atoms with Gasteiger partial charge in [0.1, 0.15) is 0 Å². The van der Waals surface area contributed by atoms with Crippen molar-refractivity contribution in [1.29, 1.82) is 0 Å². The molecule has 0 heterocycles. The molecule has 0 saturated heterocycles. The van der Waals surface area contributed by atoms with Gasteiger partial charge in [0.05, 0.1) is 6.10 Å². The molecule has 0 amide bonds. The van der Waals surface area contributed by atoms with E-state index in [4.69, 9.17) is 0 Å². The third-order valence-electron chi connectivity index (χ3n) is 3.38. The van der Waals surface area contributed by atoms with Crippen molar-refractivity contribution in [3.05, 3.63) is 29.8 Å². The summed E-state index contributed by atoms with van der Waals surface area (Å²) in [6.07, 6.45) is 3.45. The highest BCUT2D eigenvalue weighted by molar-refractivity contribution is 5.52. The van der Waals surface area contributed by atoms with Gasteiger partial charge >= 0.3 is 0 Å². The van der Waals surface area contributed by atoms with E-state index in [1.54, 1.807) is 0 Å². The zero-order chi connectivity index (χ0) is 11.5. The Hall–Kier alpha value is -1.02. The number of aliphatic hydroxyl groups excluding tert-OH is 1. The molecule has 1 aliphatic carbocycles. The molecule has 0 bridgehead atoms. The van der Waals surface area contributed by atoms with Crippen molar-refractivity contribution in [3.63, 3.8) is 0 Å². The maximum atomic E-state index is 9.70. The van der Waals surface area contributed by atoms with E-state index in [2.05, 4.69) is 18.3 Å². The molecule has 0 radical (unpaired) electrons. The lowest BCUT2D eigenvalue weighted by Crippen LogP contribution is -2.21. The van der Waals surface area contributed by atoms with Crippen LogP contribution >= 0.6 is 0 Å². The Morgan fingerprint density at radius 2 is 2.06 bits per heavy atom. The van der Waals surface area contributed by atoms with Crippen LogP contribution in [-0.4, -0.2) is 11.1 Å². The summed E-state index contributed by atoms with van der Waals surface area (Å²) in [5, 5.41) is 13.3. The lowest BCUT2D eigenvalue weighted by atomic mass is 10.1. The quantitative estimate of drug-likeness (QED) is 0.796.